The molecule has 0 saturated heterocycles. The molecule has 1 heterocycles. The first-order valence-electron chi connectivity index (χ1n) is 5.65. The summed E-state index contributed by atoms with van der Waals surface area (Å²) in [4.78, 5) is 11.9. The predicted octanol–water partition coefficient (Wildman–Crippen LogP) is 1.76. The molecule has 16 heavy (non-hydrogen) atoms. The van der Waals surface area contributed by atoms with Gasteiger partial charge in [-0.3, -0.25) is 4.79 Å². The number of allylic oxidation sites excluding steroid dienone is 2. The van der Waals surface area contributed by atoms with Crippen molar-refractivity contribution >= 4 is 5.97 Å². The fourth-order valence-electron chi connectivity index (χ4n) is 2.47. The lowest BCUT2D eigenvalue weighted by Gasteiger charge is -2.26. The SMILES string of the molecule is CCOC(=O)C12COC3C=CC=CC3=C1C2. The summed E-state index contributed by atoms with van der Waals surface area (Å²) in [5.41, 5.74) is 1.92. The lowest BCUT2D eigenvalue weighted by Crippen LogP contribution is -2.31. The number of fused-ring (bicyclic) bond motifs is 2. The van der Waals surface area contributed by atoms with Crippen molar-refractivity contribution in [3.05, 3.63) is 35.5 Å². The second-order valence-electron chi connectivity index (χ2n) is 4.39. The number of carbonyl (C=O) groups is 1. The Morgan fingerprint density at radius 2 is 2.50 bits per heavy atom. The maximum atomic E-state index is 11.9. The summed E-state index contributed by atoms with van der Waals surface area (Å²) in [6, 6.07) is 0. The average Bonchev–Trinajstić information content (AvgIpc) is 3.06. The molecule has 0 aromatic carbocycles. The van der Waals surface area contributed by atoms with Crippen LogP contribution in [0.3, 0.4) is 0 Å². The highest BCUT2D eigenvalue weighted by atomic mass is 16.5. The quantitative estimate of drug-likeness (QED) is 0.662. The Kier molecular flexibility index (Phi) is 2.04. The van der Waals surface area contributed by atoms with E-state index in [9.17, 15) is 4.79 Å². The van der Waals surface area contributed by atoms with E-state index >= 15 is 0 Å². The summed E-state index contributed by atoms with van der Waals surface area (Å²) in [6.07, 6.45) is 8.88. The number of carbonyl (C=O) groups excluding carboxylic acids is 1. The molecule has 0 aromatic rings. The molecule has 3 heteroatoms. The van der Waals surface area contributed by atoms with Crippen LogP contribution in [0, 0.1) is 5.41 Å². The fourth-order valence-corrected chi connectivity index (χ4v) is 2.47. The van der Waals surface area contributed by atoms with Crippen molar-refractivity contribution < 1.29 is 14.3 Å². The second-order valence-corrected chi connectivity index (χ2v) is 4.39. The number of hydrogen-bond acceptors (Lipinski definition) is 3. The first-order chi connectivity index (χ1) is 7.78. The molecule has 0 aromatic heterocycles. The Hall–Kier alpha value is -1.35. The van der Waals surface area contributed by atoms with Crippen molar-refractivity contribution in [1.29, 1.82) is 0 Å². The molecule has 1 aliphatic heterocycles. The van der Waals surface area contributed by atoms with E-state index in [2.05, 4.69) is 0 Å². The standard InChI is InChI=1S/C13H14O3/c1-2-15-12(14)13-7-10(13)9-5-3-4-6-11(9)16-8-13/h3-6,11H,2,7-8H2,1H3. The monoisotopic (exact) mass is 218 g/mol. The summed E-state index contributed by atoms with van der Waals surface area (Å²) in [7, 11) is 0. The number of esters is 1. The Balaban J connectivity index is 1.92. The van der Waals surface area contributed by atoms with Crippen molar-refractivity contribution in [3.63, 3.8) is 0 Å². The van der Waals surface area contributed by atoms with E-state index in [-0.39, 0.29) is 12.1 Å². The van der Waals surface area contributed by atoms with Crippen molar-refractivity contribution in [2.75, 3.05) is 13.2 Å². The lowest BCUT2D eigenvalue weighted by molar-refractivity contribution is -0.152. The van der Waals surface area contributed by atoms with E-state index < -0.39 is 5.41 Å². The molecule has 3 aliphatic rings. The van der Waals surface area contributed by atoms with Crippen LogP contribution in [0.25, 0.3) is 0 Å². The summed E-state index contributed by atoms with van der Waals surface area (Å²) in [5, 5.41) is 0. The molecule has 0 N–H and O–H groups in total. The molecule has 0 radical (unpaired) electrons. The molecule has 3 nitrogen and oxygen atoms in total. The van der Waals surface area contributed by atoms with Gasteiger partial charge in [0.1, 0.15) is 11.5 Å². The Labute approximate surface area is 94.4 Å². The van der Waals surface area contributed by atoms with Crippen LogP contribution in [-0.4, -0.2) is 25.3 Å². The number of rotatable bonds is 2. The van der Waals surface area contributed by atoms with Gasteiger partial charge in [0.15, 0.2) is 0 Å². The molecular formula is C13H14O3. The van der Waals surface area contributed by atoms with Gasteiger partial charge in [-0.1, -0.05) is 24.3 Å². The van der Waals surface area contributed by atoms with Gasteiger partial charge in [-0.25, -0.2) is 0 Å². The molecule has 0 spiro atoms. The van der Waals surface area contributed by atoms with E-state index in [1.165, 1.54) is 5.57 Å². The molecule has 3 rings (SSSR count). The fraction of sp³-hybridized carbons (Fsp3) is 0.462. The highest BCUT2D eigenvalue weighted by Gasteiger charge is 2.61. The minimum atomic E-state index is -0.447. The van der Waals surface area contributed by atoms with E-state index in [1.54, 1.807) is 0 Å². The Morgan fingerprint density at radius 1 is 1.62 bits per heavy atom. The normalized spacial score (nSPS) is 34.4. The summed E-state index contributed by atoms with van der Waals surface area (Å²) < 4.78 is 10.8. The molecule has 0 amide bonds. The van der Waals surface area contributed by atoms with Crippen LogP contribution in [0.5, 0.6) is 0 Å². The first-order valence-corrected chi connectivity index (χ1v) is 5.65. The van der Waals surface area contributed by atoms with Crippen LogP contribution in [-0.2, 0) is 14.3 Å². The third kappa shape index (κ3) is 1.21. The third-order valence-electron chi connectivity index (χ3n) is 3.43. The summed E-state index contributed by atoms with van der Waals surface area (Å²) in [6.45, 7) is 2.73. The summed E-state index contributed by atoms with van der Waals surface area (Å²) >= 11 is 0. The van der Waals surface area contributed by atoms with Gasteiger partial charge in [-0.05, 0) is 24.5 Å². The van der Waals surface area contributed by atoms with E-state index in [0.29, 0.717) is 13.2 Å². The summed E-state index contributed by atoms with van der Waals surface area (Å²) in [5.74, 6) is -0.126. The molecule has 0 bridgehead atoms. The van der Waals surface area contributed by atoms with Gasteiger partial charge in [0.2, 0.25) is 0 Å². The topological polar surface area (TPSA) is 35.5 Å². The zero-order valence-corrected chi connectivity index (χ0v) is 9.23. The van der Waals surface area contributed by atoms with Crippen molar-refractivity contribution in [1.82, 2.24) is 0 Å². The minimum Gasteiger partial charge on any atom is -0.465 e. The van der Waals surface area contributed by atoms with Crippen LogP contribution in [0.15, 0.2) is 35.5 Å². The molecule has 2 aliphatic carbocycles. The zero-order valence-electron chi connectivity index (χ0n) is 9.23. The van der Waals surface area contributed by atoms with Gasteiger partial charge in [-0.15, -0.1) is 0 Å². The molecule has 2 atom stereocenters. The van der Waals surface area contributed by atoms with Gasteiger partial charge < -0.3 is 9.47 Å². The van der Waals surface area contributed by atoms with E-state index in [1.807, 2.05) is 31.2 Å². The van der Waals surface area contributed by atoms with Gasteiger partial charge in [-0.2, -0.15) is 0 Å². The number of hydrogen-bond donors (Lipinski definition) is 0. The van der Waals surface area contributed by atoms with Crippen LogP contribution >= 0.6 is 0 Å². The zero-order chi connectivity index (χ0) is 11.2. The maximum Gasteiger partial charge on any atom is 0.318 e. The molecule has 1 fully saturated rings. The van der Waals surface area contributed by atoms with Gasteiger partial charge in [0.05, 0.1) is 13.2 Å². The van der Waals surface area contributed by atoms with Crippen LogP contribution in [0.1, 0.15) is 13.3 Å². The largest absolute Gasteiger partial charge is 0.465 e. The smallest absolute Gasteiger partial charge is 0.318 e. The minimum absolute atomic E-state index is 0.0463. The maximum absolute atomic E-state index is 11.9. The van der Waals surface area contributed by atoms with Crippen LogP contribution in [0.4, 0.5) is 0 Å². The third-order valence-corrected chi connectivity index (χ3v) is 3.43. The van der Waals surface area contributed by atoms with Crippen molar-refractivity contribution in [2.24, 2.45) is 5.41 Å². The Bertz CT molecular complexity index is 430. The molecule has 84 valence electrons. The van der Waals surface area contributed by atoms with Crippen molar-refractivity contribution in [3.8, 4) is 0 Å². The predicted molar refractivity (Wildman–Crippen MR) is 58.7 cm³/mol. The van der Waals surface area contributed by atoms with Gasteiger partial charge in [0, 0.05) is 0 Å². The van der Waals surface area contributed by atoms with Gasteiger partial charge in [0.25, 0.3) is 0 Å². The van der Waals surface area contributed by atoms with E-state index in [0.717, 1.165) is 12.0 Å². The van der Waals surface area contributed by atoms with E-state index in [4.69, 9.17) is 9.47 Å². The van der Waals surface area contributed by atoms with Crippen LogP contribution in [0.2, 0.25) is 0 Å². The van der Waals surface area contributed by atoms with Crippen molar-refractivity contribution in [2.45, 2.75) is 19.4 Å². The highest BCUT2D eigenvalue weighted by Crippen LogP contribution is 2.58. The molecule has 2 unspecified atom stereocenters. The molecular weight excluding hydrogens is 204 g/mol. The Morgan fingerprint density at radius 3 is 3.31 bits per heavy atom. The highest BCUT2D eigenvalue weighted by molar-refractivity contribution is 5.88. The second kappa shape index (κ2) is 3.32. The first kappa shape index (κ1) is 9.85. The molecule has 1 saturated carbocycles. The van der Waals surface area contributed by atoms with Crippen LogP contribution < -0.4 is 0 Å². The average molecular weight is 218 g/mol. The number of ether oxygens (including phenoxy) is 2. The van der Waals surface area contributed by atoms with Gasteiger partial charge >= 0.3 is 5.97 Å². The lowest BCUT2D eigenvalue weighted by atomic mass is 9.96.